The molecule has 0 aliphatic rings. The summed E-state index contributed by atoms with van der Waals surface area (Å²) in [7, 11) is 0. The van der Waals surface area contributed by atoms with E-state index < -0.39 is 0 Å². The van der Waals surface area contributed by atoms with Crippen LogP contribution in [0.15, 0.2) is 48.5 Å². The zero-order valence-electron chi connectivity index (χ0n) is 14.4. The van der Waals surface area contributed by atoms with E-state index in [2.05, 4.69) is 42.6 Å². The van der Waals surface area contributed by atoms with E-state index in [1.54, 1.807) is 0 Å². The van der Waals surface area contributed by atoms with Crippen LogP contribution in [0.5, 0.6) is 5.75 Å². The van der Waals surface area contributed by atoms with Crippen LogP contribution in [0.2, 0.25) is 0 Å². The Morgan fingerprint density at radius 1 is 1.04 bits per heavy atom. The zero-order chi connectivity index (χ0) is 16.7. The molecule has 0 aromatic heterocycles. The highest BCUT2D eigenvalue weighted by Gasteiger charge is 2.05. The van der Waals surface area contributed by atoms with Gasteiger partial charge in [-0.15, -0.1) is 0 Å². The van der Waals surface area contributed by atoms with Crippen molar-refractivity contribution in [1.82, 2.24) is 5.32 Å². The maximum Gasteiger partial charge on any atom is 0.142 e. The van der Waals surface area contributed by atoms with Crippen molar-refractivity contribution in [2.45, 2.75) is 45.8 Å². The average molecular weight is 312 g/mol. The molecule has 2 rings (SSSR count). The predicted octanol–water partition coefficient (Wildman–Crippen LogP) is 4.34. The second-order valence-electron chi connectivity index (χ2n) is 6.23. The van der Waals surface area contributed by atoms with Crippen LogP contribution in [0.4, 0.5) is 5.69 Å². The van der Waals surface area contributed by atoms with Crippen molar-refractivity contribution in [3.8, 4) is 5.75 Å². The summed E-state index contributed by atoms with van der Waals surface area (Å²) < 4.78 is 5.67. The minimum Gasteiger partial charge on any atom is -0.489 e. The van der Waals surface area contributed by atoms with Gasteiger partial charge in [0.25, 0.3) is 0 Å². The Labute approximate surface area is 139 Å². The van der Waals surface area contributed by atoms with E-state index in [0.29, 0.717) is 6.04 Å². The third-order valence-electron chi connectivity index (χ3n) is 3.83. The van der Waals surface area contributed by atoms with Gasteiger partial charge < -0.3 is 15.8 Å². The number of ether oxygens (including phenoxy) is 1. The molecule has 3 nitrogen and oxygen atoms in total. The fraction of sp³-hybridized carbons (Fsp3) is 0.400. The third kappa shape index (κ3) is 5.61. The molecular weight excluding hydrogens is 284 g/mol. The highest BCUT2D eigenvalue weighted by molar-refractivity contribution is 5.54. The van der Waals surface area contributed by atoms with E-state index in [4.69, 9.17) is 10.5 Å². The first kappa shape index (κ1) is 17.4. The second-order valence-corrected chi connectivity index (χ2v) is 6.23. The van der Waals surface area contributed by atoms with Gasteiger partial charge in [-0.2, -0.15) is 0 Å². The van der Waals surface area contributed by atoms with Gasteiger partial charge >= 0.3 is 0 Å². The standard InChI is InChI=1S/C20H28N2O/c1-15(2)23-20-12-11-17(14-19(20)21)8-7-13-22-16(3)18-9-5-4-6-10-18/h4-6,9-12,14-16,22H,7-8,13,21H2,1-3H3. The Kier molecular flexibility index (Phi) is 6.48. The molecule has 0 saturated heterocycles. The lowest BCUT2D eigenvalue weighted by molar-refractivity contribution is 0.244. The molecule has 23 heavy (non-hydrogen) atoms. The maximum absolute atomic E-state index is 6.06. The van der Waals surface area contributed by atoms with Gasteiger partial charge in [0.15, 0.2) is 0 Å². The number of anilines is 1. The highest BCUT2D eigenvalue weighted by Crippen LogP contribution is 2.24. The molecule has 0 aliphatic carbocycles. The van der Waals surface area contributed by atoms with Gasteiger partial charge in [0.2, 0.25) is 0 Å². The monoisotopic (exact) mass is 312 g/mol. The van der Waals surface area contributed by atoms with Crippen molar-refractivity contribution in [2.75, 3.05) is 12.3 Å². The number of nitrogens with two attached hydrogens (primary N) is 1. The predicted molar refractivity (Wildman–Crippen MR) is 97.8 cm³/mol. The average Bonchev–Trinajstić information content (AvgIpc) is 2.54. The quantitative estimate of drug-likeness (QED) is 0.563. The van der Waals surface area contributed by atoms with Crippen LogP contribution in [-0.2, 0) is 6.42 Å². The summed E-state index contributed by atoms with van der Waals surface area (Å²) in [4.78, 5) is 0. The fourth-order valence-electron chi connectivity index (χ4n) is 2.59. The van der Waals surface area contributed by atoms with Crippen molar-refractivity contribution in [1.29, 1.82) is 0 Å². The summed E-state index contributed by atoms with van der Waals surface area (Å²) in [5.41, 5.74) is 9.36. The van der Waals surface area contributed by atoms with E-state index in [1.165, 1.54) is 11.1 Å². The summed E-state index contributed by atoms with van der Waals surface area (Å²) in [6, 6.07) is 17.0. The number of hydrogen-bond donors (Lipinski definition) is 2. The summed E-state index contributed by atoms with van der Waals surface area (Å²) in [6.45, 7) is 7.20. The minimum absolute atomic E-state index is 0.145. The van der Waals surface area contributed by atoms with Gasteiger partial charge in [0.05, 0.1) is 11.8 Å². The largest absolute Gasteiger partial charge is 0.489 e. The lowest BCUT2D eigenvalue weighted by atomic mass is 10.1. The van der Waals surface area contributed by atoms with E-state index in [9.17, 15) is 0 Å². The third-order valence-corrected chi connectivity index (χ3v) is 3.83. The SMILES string of the molecule is CC(C)Oc1ccc(CCCNC(C)c2ccccc2)cc1N. The fourth-order valence-corrected chi connectivity index (χ4v) is 2.59. The molecular formula is C20H28N2O. The number of nitrogens with one attached hydrogen (secondary N) is 1. The van der Waals surface area contributed by atoms with Crippen molar-refractivity contribution >= 4 is 5.69 Å². The highest BCUT2D eigenvalue weighted by atomic mass is 16.5. The number of rotatable bonds is 8. The molecule has 0 radical (unpaired) electrons. The van der Waals surface area contributed by atoms with Crippen LogP contribution < -0.4 is 15.8 Å². The molecule has 3 heteroatoms. The van der Waals surface area contributed by atoms with Crippen LogP contribution in [0.3, 0.4) is 0 Å². The van der Waals surface area contributed by atoms with Crippen LogP contribution in [0, 0.1) is 0 Å². The summed E-state index contributed by atoms with van der Waals surface area (Å²) in [5, 5.41) is 3.57. The molecule has 0 heterocycles. The van der Waals surface area contributed by atoms with Crippen LogP contribution in [0.25, 0.3) is 0 Å². The normalized spacial score (nSPS) is 12.3. The zero-order valence-corrected chi connectivity index (χ0v) is 14.4. The summed E-state index contributed by atoms with van der Waals surface area (Å²) >= 11 is 0. The first-order valence-electron chi connectivity index (χ1n) is 8.39. The lowest BCUT2D eigenvalue weighted by Crippen LogP contribution is -2.20. The number of nitrogen functional groups attached to an aromatic ring is 1. The molecule has 124 valence electrons. The first-order valence-corrected chi connectivity index (χ1v) is 8.39. The van der Waals surface area contributed by atoms with E-state index in [-0.39, 0.29) is 6.10 Å². The number of aryl methyl sites for hydroxylation is 1. The Morgan fingerprint density at radius 3 is 2.43 bits per heavy atom. The molecule has 2 aromatic carbocycles. The molecule has 2 aromatic rings. The van der Waals surface area contributed by atoms with Crippen LogP contribution in [-0.4, -0.2) is 12.6 Å². The molecule has 1 unspecified atom stereocenters. The summed E-state index contributed by atoms with van der Waals surface area (Å²) in [5.74, 6) is 0.777. The van der Waals surface area contributed by atoms with Crippen molar-refractivity contribution < 1.29 is 4.74 Å². The van der Waals surface area contributed by atoms with Gasteiger partial charge in [-0.1, -0.05) is 36.4 Å². The van der Waals surface area contributed by atoms with E-state index in [0.717, 1.165) is 30.8 Å². The van der Waals surface area contributed by atoms with Crippen molar-refractivity contribution in [3.05, 3.63) is 59.7 Å². The van der Waals surface area contributed by atoms with Gasteiger partial charge in [-0.3, -0.25) is 0 Å². The second kappa shape index (κ2) is 8.59. The molecule has 0 spiro atoms. The number of benzene rings is 2. The van der Waals surface area contributed by atoms with E-state index >= 15 is 0 Å². The molecule has 0 amide bonds. The van der Waals surface area contributed by atoms with Gasteiger partial charge in [-0.25, -0.2) is 0 Å². The van der Waals surface area contributed by atoms with Crippen LogP contribution in [0.1, 0.15) is 44.4 Å². The first-order chi connectivity index (χ1) is 11.1. The maximum atomic E-state index is 6.06. The molecule has 1 atom stereocenters. The summed E-state index contributed by atoms with van der Waals surface area (Å²) in [6.07, 6.45) is 2.24. The topological polar surface area (TPSA) is 47.3 Å². The lowest BCUT2D eigenvalue weighted by Gasteiger charge is -2.15. The smallest absolute Gasteiger partial charge is 0.142 e. The molecule has 3 N–H and O–H groups in total. The van der Waals surface area contributed by atoms with Gasteiger partial charge in [0.1, 0.15) is 5.75 Å². The van der Waals surface area contributed by atoms with Gasteiger partial charge in [0, 0.05) is 6.04 Å². The Morgan fingerprint density at radius 2 is 1.78 bits per heavy atom. The minimum atomic E-state index is 0.145. The van der Waals surface area contributed by atoms with E-state index in [1.807, 2.05) is 32.0 Å². The number of hydrogen-bond acceptors (Lipinski definition) is 3. The Balaban J connectivity index is 1.77. The molecule has 0 aliphatic heterocycles. The molecule has 0 saturated carbocycles. The molecule has 0 fully saturated rings. The molecule has 0 bridgehead atoms. The van der Waals surface area contributed by atoms with Crippen molar-refractivity contribution in [3.63, 3.8) is 0 Å². The Bertz CT molecular complexity index is 596. The van der Waals surface area contributed by atoms with Crippen LogP contribution >= 0.6 is 0 Å². The van der Waals surface area contributed by atoms with Gasteiger partial charge in [-0.05, 0) is 63.4 Å². The Hall–Kier alpha value is -2.00. The van der Waals surface area contributed by atoms with Crippen molar-refractivity contribution in [2.24, 2.45) is 0 Å².